The fourth-order valence-corrected chi connectivity index (χ4v) is 4.77. The van der Waals surface area contributed by atoms with Gasteiger partial charge in [-0.25, -0.2) is 13.3 Å². The SMILES string of the molecule is Cc1ccn(-c2ccc(F)cc2)c(=O)c1C(=O)Cc1ccc(Oc2ccnn3ccc(C4=CCN=C4)c23)c(F)c1. The number of fused-ring (bicyclic) bond motifs is 1. The Bertz CT molecular complexity index is 1900. The second-order valence-corrected chi connectivity index (χ2v) is 9.36. The van der Waals surface area contributed by atoms with Gasteiger partial charge in [0.1, 0.15) is 11.3 Å². The van der Waals surface area contributed by atoms with E-state index < -0.39 is 23.0 Å². The largest absolute Gasteiger partial charge is 0.452 e. The lowest BCUT2D eigenvalue weighted by Crippen LogP contribution is -2.27. The van der Waals surface area contributed by atoms with Crippen molar-refractivity contribution in [2.75, 3.05) is 6.54 Å². The van der Waals surface area contributed by atoms with Gasteiger partial charge in [0.15, 0.2) is 23.1 Å². The van der Waals surface area contributed by atoms with Crippen molar-refractivity contribution in [1.82, 2.24) is 14.2 Å². The number of ketones is 1. The minimum atomic E-state index is -0.650. The Kier molecular flexibility index (Phi) is 6.39. The predicted octanol–water partition coefficient (Wildman–Crippen LogP) is 5.76. The number of halogens is 2. The van der Waals surface area contributed by atoms with Gasteiger partial charge >= 0.3 is 0 Å². The lowest BCUT2D eigenvalue weighted by atomic mass is 10.0. The van der Waals surface area contributed by atoms with Gasteiger partial charge in [-0.05, 0) is 72.2 Å². The molecule has 1 aliphatic heterocycles. The Balaban J connectivity index is 1.26. The molecule has 0 amide bonds. The van der Waals surface area contributed by atoms with Gasteiger partial charge in [0.25, 0.3) is 5.56 Å². The van der Waals surface area contributed by atoms with Crippen LogP contribution in [0.4, 0.5) is 8.78 Å². The minimum Gasteiger partial charge on any atom is -0.452 e. The average Bonchev–Trinajstić information content (AvgIpc) is 3.62. The van der Waals surface area contributed by atoms with Crippen LogP contribution in [0.3, 0.4) is 0 Å². The monoisotopic (exact) mass is 536 g/mol. The summed E-state index contributed by atoms with van der Waals surface area (Å²) >= 11 is 0. The number of carbonyl (C=O) groups excluding carboxylic acids is 1. The molecule has 0 saturated carbocycles. The van der Waals surface area contributed by atoms with E-state index in [1.807, 2.05) is 12.1 Å². The molecule has 0 spiro atoms. The Morgan fingerprint density at radius 3 is 2.58 bits per heavy atom. The van der Waals surface area contributed by atoms with Crippen molar-refractivity contribution in [2.45, 2.75) is 13.3 Å². The molecule has 2 aromatic carbocycles. The summed E-state index contributed by atoms with van der Waals surface area (Å²) in [4.78, 5) is 30.6. The zero-order valence-electron chi connectivity index (χ0n) is 21.3. The highest BCUT2D eigenvalue weighted by Gasteiger charge is 2.19. The van der Waals surface area contributed by atoms with E-state index in [2.05, 4.69) is 10.1 Å². The van der Waals surface area contributed by atoms with Gasteiger partial charge in [-0.1, -0.05) is 12.1 Å². The first kappa shape index (κ1) is 25.1. The molecular weight excluding hydrogens is 514 g/mol. The van der Waals surface area contributed by atoms with E-state index >= 15 is 4.39 Å². The molecule has 0 unspecified atom stereocenters. The molecule has 0 aliphatic carbocycles. The molecule has 3 aromatic heterocycles. The average molecular weight is 537 g/mol. The van der Waals surface area contributed by atoms with Gasteiger partial charge in [-0.3, -0.25) is 19.1 Å². The molecular formula is C31H22F2N4O3. The fourth-order valence-electron chi connectivity index (χ4n) is 4.77. The molecule has 40 heavy (non-hydrogen) atoms. The number of rotatable bonds is 7. The third-order valence-corrected chi connectivity index (χ3v) is 6.74. The van der Waals surface area contributed by atoms with Crippen LogP contribution in [0.2, 0.25) is 0 Å². The Morgan fingerprint density at radius 1 is 1.00 bits per heavy atom. The molecule has 5 aromatic rings. The van der Waals surface area contributed by atoms with Crippen molar-refractivity contribution in [3.8, 4) is 17.2 Å². The first-order valence-corrected chi connectivity index (χ1v) is 12.5. The van der Waals surface area contributed by atoms with Gasteiger partial charge in [-0.15, -0.1) is 0 Å². The van der Waals surface area contributed by atoms with Crippen LogP contribution in [0.15, 0.2) is 95.1 Å². The standard InChI is InChI=1S/C31H22F2N4O3/c1-19-10-14-36(23-5-3-22(32)4-6-23)31(39)29(19)26(38)17-20-2-7-27(25(33)16-20)40-28-9-13-35-37-15-11-24(30(28)37)21-8-12-34-18-21/h2-11,13-16,18H,12,17H2,1H3. The Hall–Kier alpha value is -5.18. The third kappa shape index (κ3) is 4.62. The van der Waals surface area contributed by atoms with E-state index in [0.29, 0.717) is 34.6 Å². The highest BCUT2D eigenvalue weighted by Crippen LogP contribution is 2.33. The van der Waals surface area contributed by atoms with E-state index in [1.165, 1.54) is 47.2 Å². The van der Waals surface area contributed by atoms with E-state index in [1.54, 1.807) is 48.2 Å². The number of carbonyl (C=O) groups is 1. The molecule has 0 N–H and O–H groups in total. The topological polar surface area (TPSA) is 78.0 Å². The number of hydrogen-bond acceptors (Lipinski definition) is 5. The van der Waals surface area contributed by atoms with Crippen LogP contribution in [0.1, 0.15) is 27.0 Å². The van der Waals surface area contributed by atoms with Gasteiger partial charge in [-0.2, -0.15) is 5.10 Å². The number of Topliss-reactive ketones (excluding diaryl/α,β-unsaturated/α-hetero) is 1. The molecule has 198 valence electrons. The molecule has 9 heteroatoms. The first-order chi connectivity index (χ1) is 19.4. The quantitative estimate of drug-likeness (QED) is 0.248. The molecule has 0 saturated heterocycles. The van der Waals surface area contributed by atoms with E-state index in [9.17, 15) is 14.0 Å². The fraction of sp³-hybridized carbons (Fsp3) is 0.0968. The molecule has 4 heterocycles. The van der Waals surface area contributed by atoms with Crippen LogP contribution in [-0.4, -0.2) is 32.7 Å². The number of aromatic nitrogens is 3. The highest BCUT2D eigenvalue weighted by atomic mass is 19.1. The van der Waals surface area contributed by atoms with Crippen LogP contribution < -0.4 is 10.3 Å². The smallest absolute Gasteiger partial charge is 0.266 e. The lowest BCUT2D eigenvalue weighted by Gasteiger charge is -2.12. The third-order valence-electron chi connectivity index (χ3n) is 6.74. The zero-order valence-corrected chi connectivity index (χ0v) is 21.3. The van der Waals surface area contributed by atoms with Crippen LogP contribution in [0.25, 0.3) is 16.8 Å². The lowest BCUT2D eigenvalue weighted by molar-refractivity contribution is 0.0990. The van der Waals surface area contributed by atoms with Crippen molar-refractivity contribution < 1.29 is 18.3 Å². The maximum Gasteiger partial charge on any atom is 0.266 e. The summed E-state index contributed by atoms with van der Waals surface area (Å²) in [5.74, 6) is -1.13. The Labute approximate surface area is 227 Å². The summed E-state index contributed by atoms with van der Waals surface area (Å²) in [6.45, 7) is 2.26. The van der Waals surface area contributed by atoms with Gasteiger partial charge in [0.2, 0.25) is 0 Å². The van der Waals surface area contributed by atoms with Crippen molar-refractivity contribution in [3.05, 3.63) is 130 Å². The van der Waals surface area contributed by atoms with E-state index in [4.69, 9.17) is 4.74 Å². The van der Waals surface area contributed by atoms with Crippen LogP contribution in [0, 0.1) is 18.6 Å². The Morgan fingerprint density at radius 2 is 1.82 bits per heavy atom. The highest BCUT2D eigenvalue weighted by molar-refractivity contribution is 6.14. The number of nitrogens with zero attached hydrogens (tertiary/aromatic N) is 4. The van der Waals surface area contributed by atoms with Crippen LogP contribution in [-0.2, 0) is 6.42 Å². The first-order valence-electron chi connectivity index (χ1n) is 12.5. The zero-order chi connectivity index (χ0) is 27.8. The van der Waals surface area contributed by atoms with Crippen molar-refractivity contribution in [1.29, 1.82) is 0 Å². The predicted molar refractivity (Wildman–Crippen MR) is 148 cm³/mol. The van der Waals surface area contributed by atoms with Gasteiger partial charge < -0.3 is 4.74 Å². The van der Waals surface area contributed by atoms with Crippen molar-refractivity contribution >= 4 is 23.1 Å². The van der Waals surface area contributed by atoms with Crippen LogP contribution >= 0.6 is 0 Å². The normalized spacial score (nSPS) is 12.6. The van der Waals surface area contributed by atoms with Gasteiger partial charge in [0.05, 0.1) is 18.3 Å². The summed E-state index contributed by atoms with van der Waals surface area (Å²) in [5.41, 5.74) is 3.28. The number of ether oxygens (including phenoxy) is 1. The molecule has 0 fully saturated rings. The minimum absolute atomic E-state index is 0.00254. The number of aryl methyl sites for hydroxylation is 1. The summed E-state index contributed by atoms with van der Waals surface area (Å²) in [6.07, 6.45) is 8.48. The molecule has 6 rings (SSSR count). The number of aliphatic imine (C=N–C) groups is 1. The number of allylic oxidation sites excluding steroid dienone is 1. The molecule has 0 atom stereocenters. The van der Waals surface area contributed by atoms with Crippen molar-refractivity contribution in [3.63, 3.8) is 0 Å². The molecule has 7 nitrogen and oxygen atoms in total. The van der Waals surface area contributed by atoms with Crippen molar-refractivity contribution in [2.24, 2.45) is 4.99 Å². The van der Waals surface area contributed by atoms with E-state index in [-0.39, 0.29) is 17.7 Å². The maximum atomic E-state index is 15.2. The summed E-state index contributed by atoms with van der Waals surface area (Å²) in [7, 11) is 0. The number of benzene rings is 2. The van der Waals surface area contributed by atoms with Gasteiger partial charge in [0, 0.05) is 42.3 Å². The second kappa shape index (κ2) is 10.2. The van der Waals surface area contributed by atoms with E-state index in [0.717, 1.165) is 11.1 Å². The summed E-state index contributed by atoms with van der Waals surface area (Å²) in [6, 6.07) is 14.9. The summed E-state index contributed by atoms with van der Waals surface area (Å²) in [5, 5.41) is 4.31. The number of pyridine rings is 1. The van der Waals surface area contributed by atoms with Crippen LogP contribution in [0.5, 0.6) is 11.5 Å². The molecule has 1 aliphatic rings. The second-order valence-electron chi connectivity index (χ2n) is 9.36. The molecule has 0 bridgehead atoms. The maximum absolute atomic E-state index is 15.2. The summed E-state index contributed by atoms with van der Waals surface area (Å²) < 4.78 is 37.5. The number of hydrogen-bond donors (Lipinski definition) is 0. The molecule has 0 radical (unpaired) electrons.